The van der Waals surface area contributed by atoms with Crippen LogP contribution in [0.3, 0.4) is 0 Å². The van der Waals surface area contributed by atoms with Gasteiger partial charge in [-0.25, -0.2) is 4.79 Å². The predicted octanol–water partition coefficient (Wildman–Crippen LogP) is 2.44. The monoisotopic (exact) mass is 355 g/mol. The first kappa shape index (κ1) is 20.2. The van der Waals surface area contributed by atoms with E-state index < -0.39 is 18.2 Å². The Bertz CT molecular complexity index is 447. The Morgan fingerprint density at radius 3 is 2.40 bits per heavy atom. The van der Waals surface area contributed by atoms with Crippen molar-refractivity contribution in [2.75, 3.05) is 13.7 Å². The molecule has 0 spiro atoms. The van der Waals surface area contributed by atoms with Crippen molar-refractivity contribution in [2.45, 2.75) is 83.6 Å². The summed E-state index contributed by atoms with van der Waals surface area (Å²) in [5, 5.41) is 3.09. The Balaban J connectivity index is 1.96. The number of carbonyl (C=O) groups excluding carboxylic acids is 2. The second kappa shape index (κ2) is 9.53. The lowest BCUT2D eigenvalue weighted by molar-refractivity contribution is -0.144. The van der Waals surface area contributed by atoms with Crippen molar-refractivity contribution in [3.8, 4) is 0 Å². The van der Waals surface area contributed by atoms with Crippen molar-refractivity contribution < 1.29 is 23.8 Å². The minimum Gasteiger partial charge on any atom is -0.464 e. The molecule has 2 aliphatic rings. The molecule has 6 nitrogen and oxygen atoms in total. The molecule has 1 saturated carbocycles. The molecule has 1 saturated heterocycles. The molecule has 0 aromatic heterocycles. The maximum atomic E-state index is 12.5. The van der Waals surface area contributed by atoms with Crippen LogP contribution in [0.4, 0.5) is 0 Å². The molecule has 0 aromatic carbocycles. The molecule has 144 valence electrons. The first-order chi connectivity index (χ1) is 12.0. The molecule has 2 fully saturated rings. The van der Waals surface area contributed by atoms with Gasteiger partial charge in [0.05, 0.1) is 18.8 Å². The molecular weight excluding hydrogens is 322 g/mol. The van der Waals surface area contributed by atoms with E-state index in [1.165, 1.54) is 19.3 Å². The van der Waals surface area contributed by atoms with Crippen LogP contribution in [0.25, 0.3) is 0 Å². The number of nitrogens with one attached hydrogen (secondary N) is 1. The first-order valence-electron chi connectivity index (χ1n) is 9.63. The summed E-state index contributed by atoms with van der Waals surface area (Å²) in [6, 6.07) is -0.0624. The van der Waals surface area contributed by atoms with Gasteiger partial charge in [-0.2, -0.15) is 0 Å². The number of carbonyl (C=O) groups is 2. The lowest BCUT2D eigenvalue weighted by Crippen LogP contribution is -2.50. The Kier molecular flexibility index (Phi) is 7.69. The molecular formula is C19H33NO5. The summed E-state index contributed by atoms with van der Waals surface area (Å²) in [6.45, 7) is 6.31. The molecule has 4 atom stereocenters. The quantitative estimate of drug-likeness (QED) is 0.508. The fourth-order valence-electron chi connectivity index (χ4n) is 3.91. The van der Waals surface area contributed by atoms with Crippen LogP contribution in [0.15, 0.2) is 0 Å². The van der Waals surface area contributed by atoms with Crippen LogP contribution >= 0.6 is 0 Å². The first-order valence-corrected chi connectivity index (χ1v) is 9.63. The van der Waals surface area contributed by atoms with Crippen molar-refractivity contribution in [2.24, 2.45) is 11.8 Å². The van der Waals surface area contributed by atoms with Gasteiger partial charge in [0.2, 0.25) is 0 Å². The topological polar surface area (TPSA) is 77.2 Å². The van der Waals surface area contributed by atoms with Gasteiger partial charge in [0, 0.05) is 7.11 Å². The van der Waals surface area contributed by atoms with E-state index >= 15 is 0 Å². The number of rotatable bonds is 9. The van der Waals surface area contributed by atoms with Crippen LogP contribution in [-0.4, -0.2) is 49.9 Å². The van der Waals surface area contributed by atoms with E-state index in [0.29, 0.717) is 11.8 Å². The lowest BCUT2D eigenvalue weighted by atomic mass is 9.80. The van der Waals surface area contributed by atoms with Crippen molar-refractivity contribution in [1.82, 2.24) is 5.32 Å². The van der Waals surface area contributed by atoms with Crippen LogP contribution in [0.1, 0.15) is 59.3 Å². The average molecular weight is 355 g/mol. The van der Waals surface area contributed by atoms with E-state index in [1.807, 2.05) is 0 Å². The van der Waals surface area contributed by atoms with E-state index in [1.54, 1.807) is 14.0 Å². The largest absolute Gasteiger partial charge is 0.464 e. The molecule has 2 rings (SSSR count). The summed E-state index contributed by atoms with van der Waals surface area (Å²) in [5.41, 5.74) is 0. The zero-order chi connectivity index (χ0) is 18.4. The molecule has 1 aliphatic carbocycles. The number of esters is 1. The van der Waals surface area contributed by atoms with E-state index in [0.717, 1.165) is 19.3 Å². The fraction of sp³-hybridized carbons (Fsp3) is 0.895. The molecule has 1 N–H and O–H groups in total. The summed E-state index contributed by atoms with van der Waals surface area (Å²) in [7, 11) is 1.73. The van der Waals surface area contributed by atoms with Crippen molar-refractivity contribution in [3.63, 3.8) is 0 Å². The summed E-state index contributed by atoms with van der Waals surface area (Å²) in [6.07, 6.45) is 5.40. The maximum absolute atomic E-state index is 12.5. The van der Waals surface area contributed by atoms with Crippen molar-refractivity contribution >= 4 is 11.9 Å². The highest BCUT2D eigenvalue weighted by molar-refractivity contribution is 5.92. The molecule has 0 radical (unpaired) electrons. The van der Waals surface area contributed by atoms with E-state index in [2.05, 4.69) is 19.2 Å². The average Bonchev–Trinajstić information content (AvgIpc) is 3.37. The lowest BCUT2D eigenvalue weighted by Gasteiger charge is -2.36. The smallest absolute Gasteiger partial charge is 0.338 e. The highest BCUT2D eigenvalue weighted by Gasteiger charge is 2.52. The number of amides is 1. The molecule has 1 amide bonds. The zero-order valence-electron chi connectivity index (χ0n) is 16.0. The minimum absolute atomic E-state index is 0.00597. The minimum atomic E-state index is -0.754. The second-order valence-corrected chi connectivity index (χ2v) is 7.57. The summed E-state index contributed by atoms with van der Waals surface area (Å²) in [4.78, 5) is 24.2. The van der Waals surface area contributed by atoms with Gasteiger partial charge in [-0.15, -0.1) is 0 Å². The molecule has 6 heteroatoms. The standard InChI is InChI=1S/C19H33NO5/c1-5-24-19(22)17-16(25-17)18(21)20-14(11-12(2)3)15(23-4)13-9-7-6-8-10-13/h12-17H,5-11H2,1-4H3,(H,20,21)/t14-,15+,16-,17-/m0/s1. The van der Waals surface area contributed by atoms with E-state index in [-0.39, 0.29) is 24.7 Å². The Morgan fingerprint density at radius 2 is 1.84 bits per heavy atom. The third kappa shape index (κ3) is 5.68. The van der Waals surface area contributed by atoms with Crippen molar-refractivity contribution in [3.05, 3.63) is 0 Å². The Hall–Kier alpha value is -1.14. The van der Waals surface area contributed by atoms with Crippen LogP contribution in [-0.2, 0) is 23.8 Å². The molecule has 0 aromatic rings. The second-order valence-electron chi connectivity index (χ2n) is 7.57. The van der Waals surface area contributed by atoms with Crippen LogP contribution in [0, 0.1) is 11.8 Å². The maximum Gasteiger partial charge on any atom is 0.338 e. The summed E-state index contributed by atoms with van der Waals surface area (Å²) in [5.74, 6) is 0.219. The number of ether oxygens (including phenoxy) is 3. The molecule has 0 unspecified atom stereocenters. The molecule has 25 heavy (non-hydrogen) atoms. The highest BCUT2D eigenvalue weighted by atomic mass is 16.6. The number of epoxide rings is 1. The van der Waals surface area contributed by atoms with Gasteiger partial charge < -0.3 is 19.5 Å². The van der Waals surface area contributed by atoms with E-state index in [4.69, 9.17) is 14.2 Å². The normalized spacial score (nSPS) is 26.1. The fourth-order valence-corrected chi connectivity index (χ4v) is 3.91. The number of hydrogen-bond donors (Lipinski definition) is 1. The van der Waals surface area contributed by atoms with Gasteiger partial charge in [-0.1, -0.05) is 33.1 Å². The van der Waals surface area contributed by atoms with Gasteiger partial charge >= 0.3 is 5.97 Å². The SMILES string of the molecule is CCOC(=O)[C@H]1O[C@@H]1C(=O)N[C@@H](CC(C)C)[C@H](OC)C1CCCCC1. The van der Waals surface area contributed by atoms with Crippen molar-refractivity contribution in [1.29, 1.82) is 0 Å². The van der Waals surface area contributed by atoms with Gasteiger partial charge in [0.1, 0.15) is 0 Å². The van der Waals surface area contributed by atoms with Gasteiger partial charge in [0.25, 0.3) is 5.91 Å². The molecule has 1 heterocycles. The van der Waals surface area contributed by atoms with E-state index in [9.17, 15) is 9.59 Å². The van der Waals surface area contributed by atoms with Crippen LogP contribution in [0.5, 0.6) is 0 Å². The number of hydrogen-bond acceptors (Lipinski definition) is 5. The third-order valence-corrected chi connectivity index (χ3v) is 5.11. The Labute approximate surface area is 151 Å². The Morgan fingerprint density at radius 1 is 1.16 bits per heavy atom. The summed E-state index contributed by atoms with van der Waals surface area (Å²) < 4.78 is 16.0. The van der Waals surface area contributed by atoms with Crippen LogP contribution < -0.4 is 5.32 Å². The number of methoxy groups -OCH3 is 1. The third-order valence-electron chi connectivity index (χ3n) is 5.11. The van der Waals surface area contributed by atoms with Gasteiger partial charge in [-0.05, 0) is 38.0 Å². The highest BCUT2D eigenvalue weighted by Crippen LogP contribution is 2.31. The molecule has 0 bridgehead atoms. The van der Waals surface area contributed by atoms with Gasteiger partial charge in [-0.3, -0.25) is 4.79 Å². The van der Waals surface area contributed by atoms with Crippen LogP contribution in [0.2, 0.25) is 0 Å². The zero-order valence-corrected chi connectivity index (χ0v) is 16.0. The molecule has 1 aliphatic heterocycles. The summed E-state index contributed by atoms with van der Waals surface area (Å²) >= 11 is 0. The van der Waals surface area contributed by atoms with Gasteiger partial charge in [0.15, 0.2) is 12.2 Å². The predicted molar refractivity (Wildman–Crippen MR) is 94.1 cm³/mol.